The summed E-state index contributed by atoms with van der Waals surface area (Å²) in [5, 5.41) is 0. The van der Waals surface area contributed by atoms with E-state index >= 15 is 0 Å². The molecule has 1 atom stereocenters. The Labute approximate surface area is 163 Å². The van der Waals surface area contributed by atoms with Crippen molar-refractivity contribution in [3.05, 3.63) is 30.1 Å². The Morgan fingerprint density at radius 3 is 2.19 bits per heavy atom. The van der Waals surface area contributed by atoms with Crippen molar-refractivity contribution in [1.82, 2.24) is 14.7 Å². The van der Waals surface area contributed by atoms with Gasteiger partial charge in [0.05, 0.1) is 0 Å². The maximum absolute atomic E-state index is 13.2. The van der Waals surface area contributed by atoms with Gasteiger partial charge in [0.1, 0.15) is 5.82 Å². The minimum absolute atomic E-state index is 0.149. The molecule has 0 aliphatic carbocycles. The number of anilines is 1. The van der Waals surface area contributed by atoms with Gasteiger partial charge in [0, 0.05) is 50.5 Å². The lowest BCUT2D eigenvalue weighted by molar-refractivity contribution is 0.0427. The Hall–Kier alpha value is -1.17. The van der Waals surface area contributed by atoms with E-state index in [0.29, 0.717) is 0 Å². The van der Waals surface area contributed by atoms with Crippen LogP contribution in [0.2, 0.25) is 0 Å². The highest BCUT2D eigenvalue weighted by Gasteiger charge is 2.32. The van der Waals surface area contributed by atoms with Crippen molar-refractivity contribution in [2.24, 2.45) is 0 Å². The van der Waals surface area contributed by atoms with E-state index in [1.807, 2.05) is 12.1 Å². The van der Waals surface area contributed by atoms with Gasteiger partial charge in [0.25, 0.3) is 0 Å². The highest BCUT2D eigenvalue weighted by Crippen LogP contribution is 2.25. The van der Waals surface area contributed by atoms with E-state index in [1.165, 1.54) is 58.4 Å². The highest BCUT2D eigenvalue weighted by molar-refractivity contribution is 5.46. The lowest BCUT2D eigenvalue weighted by atomic mass is 9.97. The molecule has 5 heteroatoms. The fourth-order valence-corrected chi connectivity index (χ4v) is 5.21. The Balaban J connectivity index is 1.27. The van der Waals surface area contributed by atoms with Crippen molar-refractivity contribution >= 4 is 5.69 Å². The Kier molecular flexibility index (Phi) is 6.31. The summed E-state index contributed by atoms with van der Waals surface area (Å²) in [7, 11) is 0. The number of hydrogen-bond donors (Lipinski definition) is 0. The summed E-state index contributed by atoms with van der Waals surface area (Å²) in [5.74, 6) is -0.149. The molecule has 27 heavy (non-hydrogen) atoms. The van der Waals surface area contributed by atoms with Crippen molar-refractivity contribution in [3.8, 4) is 0 Å². The van der Waals surface area contributed by atoms with E-state index in [9.17, 15) is 4.39 Å². The summed E-state index contributed by atoms with van der Waals surface area (Å²) < 4.78 is 13.2. The number of rotatable bonds is 4. The Morgan fingerprint density at radius 2 is 1.52 bits per heavy atom. The first-order chi connectivity index (χ1) is 13.2. The molecule has 0 N–H and O–H groups in total. The molecule has 0 unspecified atom stereocenters. The first-order valence-corrected chi connectivity index (χ1v) is 10.9. The fraction of sp³-hybridized carbons (Fsp3) is 0.727. The highest BCUT2D eigenvalue weighted by atomic mass is 19.1. The molecule has 4 rings (SSSR count). The summed E-state index contributed by atoms with van der Waals surface area (Å²) in [5.41, 5.74) is 1.16. The first kappa shape index (κ1) is 19.2. The van der Waals surface area contributed by atoms with Gasteiger partial charge >= 0.3 is 0 Å². The van der Waals surface area contributed by atoms with Crippen LogP contribution in [0.25, 0.3) is 0 Å². The summed E-state index contributed by atoms with van der Waals surface area (Å²) in [6.07, 6.45) is 5.38. The van der Waals surface area contributed by atoms with E-state index in [4.69, 9.17) is 0 Å². The summed E-state index contributed by atoms with van der Waals surface area (Å²) >= 11 is 0. The number of nitrogens with zero attached hydrogens (tertiary/aromatic N) is 4. The van der Waals surface area contributed by atoms with Crippen LogP contribution in [0, 0.1) is 5.82 Å². The third kappa shape index (κ3) is 4.64. The first-order valence-electron chi connectivity index (χ1n) is 10.9. The van der Waals surface area contributed by atoms with E-state index in [0.717, 1.165) is 44.0 Å². The normalized spacial score (nSPS) is 27.2. The Morgan fingerprint density at radius 1 is 0.815 bits per heavy atom. The molecule has 0 amide bonds. The number of likely N-dealkylation sites (tertiary alicyclic amines) is 2. The predicted octanol–water partition coefficient (Wildman–Crippen LogP) is 2.90. The molecule has 0 aromatic heterocycles. The molecule has 3 aliphatic heterocycles. The monoisotopic (exact) mass is 374 g/mol. The number of piperazine rings is 1. The molecule has 0 radical (unpaired) electrons. The van der Waals surface area contributed by atoms with Gasteiger partial charge in [0.15, 0.2) is 0 Å². The van der Waals surface area contributed by atoms with Crippen LogP contribution in [-0.2, 0) is 0 Å². The topological polar surface area (TPSA) is 13.0 Å². The zero-order chi connectivity index (χ0) is 18.6. The van der Waals surface area contributed by atoms with Crippen molar-refractivity contribution in [2.75, 3.05) is 63.8 Å². The van der Waals surface area contributed by atoms with Crippen LogP contribution in [0.4, 0.5) is 10.1 Å². The van der Waals surface area contributed by atoms with Gasteiger partial charge in [-0.25, -0.2) is 4.39 Å². The smallest absolute Gasteiger partial charge is 0.123 e. The molecule has 1 aromatic carbocycles. The quantitative estimate of drug-likeness (QED) is 0.803. The molecule has 4 nitrogen and oxygen atoms in total. The van der Waals surface area contributed by atoms with E-state index in [2.05, 4.69) is 26.5 Å². The summed E-state index contributed by atoms with van der Waals surface area (Å²) in [6.45, 7) is 13.0. The predicted molar refractivity (Wildman–Crippen MR) is 110 cm³/mol. The second-order valence-electron chi connectivity index (χ2n) is 8.46. The van der Waals surface area contributed by atoms with Crippen LogP contribution in [0.15, 0.2) is 24.3 Å². The molecule has 3 fully saturated rings. The zero-order valence-corrected chi connectivity index (χ0v) is 16.8. The average Bonchev–Trinajstić information content (AvgIpc) is 2.75. The molecular formula is C22H35FN4. The van der Waals surface area contributed by atoms with Crippen LogP contribution in [0.5, 0.6) is 0 Å². The lowest BCUT2D eigenvalue weighted by Crippen LogP contribution is -2.57. The third-order valence-electron chi connectivity index (χ3n) is 6.97. The van der Waals surface area contributed by atoms with Crippen LogP contribution in [0.3, 0.4) is 0 Å². The Bertz CT molecular complexity index is 576. The SMILES string of the molecule is CCN1CCC(N2CCC[C@H](N3CCN(c4ccc(F)cc4)CC3)C2)CC1. The van der Waals surface area contributed by atoms with Gasteiger partial charge in [-0.1, -0.05) is 6.92 Å². The number of benzene rings is 1. The fourth-order valence-electron chi connectivity index (χ4n) is 5.21. The second kappa shape index (κ2) is 8.89. The summed E-state index contributed by atoms with van der Waals surface area (Å²) in [6, 6.07) is 8.50. The molecule has 0 spiro atoms. The van der Waals surface area contributed by atoms with Crippen LogP contribution >= 0.6 is 0 Å². The third-order valence-corrected chi connectivity index (χ3v) is 6.97. The van der Waals surface area contributed by atoms with Gasteiger partial charge in [-0.15, -0.1) is 0 Å². The van der Waals surface area contributed by atoms with Gasteiger partial charge in [-0.05, 0) is 76.1 Å². The van der Waals surface area contributed by atoms with Gasteiger partial charge in [0.2, 0.25) is 0 Å². The van der Waals surface area contributed by atoms with Gasteiger partial charge < -0.3 is 9.80 Å². The number of piperidine rings is 2. The van der Waals surface area contributed by atoms with Crippen molar-refractivity contribution in [3.63, 3.8) is 0 Å². The molecule has 1 aromatic rings. The maximum Gasteiger partial charge on any atom is 0.123 e. The van der Waals surface area contributed by atoms with Crippen molar-refractivity contribution in [2.45, 2.75) is 44.7 Å². The van der Waals surface area contributed by atoms with Crippen LogP contribution < -0.4 is 4.90 Å². The lowest BCUT2D eigenvalue weighted by Gasteiger charge is -2.47. The molecular weight excluding hydrogens is 339 g/mol. The minimum atomic E-state index is -0.149. The zero-order valence-electron chi connectivity index (χ0n) is 16.8. The second-order valence-corrected chi connectivity index (χ2v) is 8.46. The minimum Gasteiger partial charge on any atom is -0.369 e. The van der Waals surface area contributed by atoms with E-state index in [1.54, 1.807) is 12.1 Å². The van der Waals surface area contributed by atoms with Gasteiger partial charge in [-0.3, -0.25) is 9.80 Å². The van der Waals surface area contributed by atoms with E-state index in [-0.39, 0.29) is 5.82 Å². The molecule has 0 saturated carbocycles. The largest absolute Gasteiger partial charge is 0.369 e. The molecule has 3 aliphatic rings. The van der Waals surface area contributed by atoms with Gasteiger partial charge in [-0.2, -0.15) is 0 Å². The number of hydrogen-bond acceptors (Lipinski definition) is 4. The van der Waals surface area contributed by atoms with Crippen molar-refractivity contribution < 1.29 is 4.39 Å². The van der Waals surface area contributed by atoms with Crippen molar-refractivity contribution in [1.29, 1.82) is 0 Å². The number of halogens is 1. The summed E-state index contributed by atoms with van der Waals surface area (Å²) in [4.78, 5) is 10.5. The van der Waals surface area contributed by atoms with E-state index < -0.39 is 0 Å². The molecule has 150 valence electrons. The standard InChI is InChI=1S/C22H35FN4/c1-2-24-12-9-21(10-13-24)27-11-3-4-22(18-27)26-16-14-25(15-17-26)20-7-5-19(23)6-8-20/h5-8,21-22H,2-4,9-18H2,1H3/t22-/m0/s1. The molecule has 3 heterocycles. The molecule has 3 saturated heterocycles. The van der Waals surface area contributed by atoms with Crippen LogP contribution in [-0.4, -0.2) is 85.7 Å². The van der Waals surface area contributed by atoms with Crippen LogP contribution in [0.1, 0.15) is 32.6 Å². The molecule has 0 bridgehead atoms. The maximum atomic E-state index is 13.2. The average molecular weight is 375 g/mol.